The summed E-state index contributed by atoms with van der Waals surface area (Å²) in [4.78, 5) is 58.9. The number of hydrogen-bond donors (Lipinski definition) is 2. The number of amides is 3. The zero-order valence-electron chi connectivity index (χ0n) is 27.5. The minimum Gasteiger partial charge on any atom is -0.455 e. The summed E-state index contributed by atoms with van der Waals surface area (Å²) in [5, 5.41) is 13.0. The summed E-state index contributed by atoms with van der Waals surface area (Å²) in [5.41, 5.74) is 0.691. The van der Waals surface area contributed by atoms with Crippen LogP contribution < -0.4 is 10.2 Å². The Hall–Kier alpha value is -3.99. The van der Waals surface area contributed by atoms with Crippen LogP contribution in [0.2, 0.25) is 5.02 Å². The van der Waals surface area contributed by atoms with Crippen LogP contribution >= 0.6 is 11.6 Å². The van der Waals surface area contributed by atoms with Crippen LogP contribution in [-0.4, -0.2) is 77.2 Å². The minimum atomic E-state index is -1.28. The van der Waals surface area contributed by atoms with Gasteiger partial charge in [-0.3, -0.25) is 19.2 Å². The molecule has 7 atom stereocenters. The first-order valence-electron chi connectivity index (χ1n) is 16.5. The van der Waals surface area contributed by atoms with Gasteiger partial charge in [0.25, 0.3) is 5.91 Å². The molecule has 2 N–H and O–H groups in total. The lowest BCUT2D eigenvalue weighted by atomic mass is 9.70. The van der Waals surface area contributed by atoms with Gasteiger partial charge in [0.2, 0.25) is 11.8 Å². The van der Waals surface area contributed by atoms with Crippen molar-refractivity contribution in [2.24, 2.45) is 11.8 Å². The molecule has 10 nitrogen and oxygen atoms in total. The van der Waals surface area contributed by atoms with E-state index in [9.17, 15) is 24.3 Å². The number of esters is 1. The summed E-state index contributed by atoms with van der Waals surface area (Å²) in [6, 6.07) is 12.8. The second-order valence-corrected chi connectivity index (χ2v) is 13.2. The summed E-state index contributed by atoms with van der Waals surface area (Å²) in [5.74, 6) is -3.55. The van der Waals surface area contributed by atoms with Gasteiger partial charge in [-0.2, -0.15) is 0 Å². The van der Waals surface area contributed by atoms with E-state index in [1.807, 2.05) is 43.3 Å². The maximum atomic E-state index is 14.7. The van der Waals surface area contributed by atoms with Crippen molar-refractivity contribution in [2.75, 3.05) is 24.6 Å². The number of carbonyl (C=O) groups excluding carboxylic acids is 4. The number of rotatable bonds is 15. The first-order valence-corrected chi connectivity index (χ1v) is 16.9. The van der Waals surface area contributed by atoms with Crippen LogP contribution in [0.15, 0.2) is 73.8 Å². The molecule has 3 aliphatic rings. The van der Waals surface area contributed by atoms with E-state index >= 15 is 0 Å². The van der Waals surface area contributed by atoms with Crippen LogP contribution in [0.5, 0.6) is 0 Å². The maximum absolute atomic E-state index is 14.7. The molecule has 2 aromatic rings. The number of aryl methyl sites for hydroxylation is 1. The molecule has 2 bridgehead atoms. The molecule has 0 radical (unpaired) electrons. The molecular formula is C37H44ClN3O7. The van der Waals surface area contributed by atoms with E-state index in [1.165, 1.54) is 9.80 Å². The molecule has 2 aromatic carbocycles. The van der Waals surface area contributed by atoms with Gasteiger partial charge in [-0.15, -0.1) is 13.2 Å². The Labute approximate surface area is 286 Å². The quantitative estimate of drug-likeness (QED) is 0.207. The van der Waals surface area contributed by atoms with E-state index in [0.717, 1.165) is 5.56 Å². The SMILES string of the molecule is C=CCCC(=O)N[C@@H](C)[C@H](OC(=O)[C@@H]1[C@@H]2CC[C@]3(O2)[C@H](C(=O)N(CC=C)c2c(C)cccc2Cl)N(CCCO)C(=O)[C@@H]13)c1ccccc1. The molecule has 3 aliphatic heterocycles. The fourth-order valence-electron chi connectivity index (χ4n) is 7.66. The lowest BCUT2D eigenvalue weighted by Gasteiger charge is -2.37. The molecule has 5 rings (SSSR count). The number of aliphatic hydroxyl groups is 1. The number of hydrogen-bond acceptors (Lipinski definition) is 7. The minimum absolute atomic E-state index is 0.101. The average Bonchev–Trinajstić information content (AvgIpc) is 3.72. The Balaban J connectivity index is 1.48. The zero-order valence-corrected chi connectivity index (χ0v) is 28.2. The normalized spacial score (nSPS) is 25.2. The van der Waals surface area contributed by atoms with Gasteiger partial charge in [-0.25, -0.2) is 0 Å². The van der Waals surface area contributed by atoms with Crippen LogP contribution in [0.1, 0.15) is 56.3 Å². The van der Waals surface area contributed by atoms with E-state index < -0.39 is 53.6 Å². The second-order valence-electron chi connectivity index (χ2n) is 12.8. The van der Waals surface area contributed by atoms with Crippen molar-refractivity contribution in [3.8, 4) is 0 Å². The van der Waals surface area contributed by atoms with Crippen molar-refractivity contribution in [2.45, 2.75) is 75.8 Å². The number of carbonyl (C=O) groups is 4. The fourth-order valence-corrected chi connectivity index (χ4v) is 7.98. The zero-order chi connectivity index (χ0) is 34.6. The maximum Gasteiger partial charge on any atom is 0.313 e. The van der Waals surface area contributed by atoms with E-state index in [2.05, 4.69) is 18.5 Å². The molecule has 0 unspecified atom stereocenters. The van der Waals surface area contributed by atoms with Gasteiger partial charge in [0.05, 0.1) is 34.7 Å². The van der Waals surface area contributed by atoms with Gasteiger partial charge in [-0.1, -0.05) is 66.2 Å². The van der Waals surface area contributed by atoms with Crippen LogP contribution in [0.3, 0.4) is 0 Å². The van der Waals surface area contributed by atoms with Crippen molar-refractivity contribution in [3.63, 3.8) is 0 Å². The van der Waals surface area contributed by atoms with Crippen LogP contribution in [0.25, 0.3) is 0 Å². The van der Waals surface area contributed by atoms with E-state index in [1.54, 1.807) is 31.2 Å². The van der Waals surface area contributed by atoms with Gasteiger partial charge in [0.1, 0.15) is 17.7 Å². The third-order valence-electron chi connectivity index (χ3n) is 9.69. The number of benzene rings is 2. The lowest BCUT2D eigenvalue weighted by molar-refractivity contribution is -0.162. The third-order valence-corrected chi connectivity index (χ3v) is 9.99. The Kier molecular flexibility index (Phi) is 11.1. The second kappa shape index (κ2) is 15.1. The number of para-hydroxylation sites is 1. The topological polar surface area (TPSA) is 125 Å². The number of aliphatic hydroxyl groups excluding tert-OH is 1. The molecule has 3 amide bonds. The average molecular weight is 678 g/mol. The van der Waals surface area contributed by atoms with Crippen molar-refractivity contribution >= 4 is 41.0 Å². The van der Waals surface area contributed by atoms with Crippen LogP contribution in [-0.2, 0) is 28.7 Å². The predicted molar refractivity (Wildman–Crippen MR) is 182 cm³/mol. The number of nitrogens with zero attached hydrogens (tertiary/aromatic N) is 2. The Morgan fingerprint density at radius 3 is 2.60 bits per heavy atom. The van der Waals surface area contributed by atoms with Crippen LogP contribution in [0.4, 0.5) is 5.69 Å². The van der Waals surface area contributed by atoms with Crippen molar-refractivity contribution in [3.05, 3.63) is 90.0 Å². The highest BCUT2D eigenvalue weighted by molar-refractivity contribution is 6.34. The van der Waals surface area contributed by atoms with E-state index in [0.29, 0.717) is 35.5 Å². The number of anilines is 1. The number of ether oxygens (including phenoxy) is 2. The number of fused-ring (bicyclic) bond motifs is 1. The number of halogens is 1. The van der Waals surface area contributed by atoms with Gasteiger partial charge in [0.15, 0.2) is 0 Å². The Morgan fingerprint density at radius 2 is 1.94 bits per heavy atom. The summed E-state index contributed by atoms with van der Waals surface area (Å²) in [7, 11) is 0. The standard InChI is InChI=1S/C37H44ClN3O7/c1-5-7-17-28(43)39-24(4)32(25-14-9-8-10-15-25)47-36(46)29-27-18-19-37(48-27)30(29)34(44)41(21-12-22-42)33(37)35(45)40(20-6-2)31-23(3)13-11-16-26(31)38/h5-6,8-11,13-16,24,27,29-30,32-33,42H,1-2,7,12,17-22H2,3-4H3,(H,39,43)/t24-,27-,29+,30+,32-,33-,37+/m0/s1. The number of likely N-dealkylation sites (tertiary alicyclic amines) is 1. The molecule has 3 heterocycles. The van der Waals surface area contributed by atoms with Gasteiger partial charge < -0.3 is 29.7 Å². The van der Waals surface area contributed by atoms with Gasteiger partial charge in [-0.05, 0) is 56.7 Å². The molecule has 0 aromatic heterocycles. The first-order chi connectivity index (χ1) is 23.1. The smallest absolute Gasteiger partial charge is 0.313 e. The Bertz CT molecular complexity index is 1530. The summed E-state index contributed by atoms with van der Waals surface area (Å²) in [6.45, 7) is 11.2. The number of allylic oxidation sites excluding steroid dienone is 1. The molecule has 3 fully saturated rings. The highest BCUT2D eigenvalue weighted by Crippen LogP contribution is 2.59. The highest BCUT2D eigenvalue weighted by atomic mass is 35.5. The van der Waals surface area contributed by atoms with Gasteiger partial charge >= 0.3 is 5.97 Å². The molecule has 11 heteroatoms. The highest BCUT2D eigenvalue weighted by Gasteiger charge is 2.75. The largest absolute Gasteiger partial charge is 0.455 e. The van der Waals surface area contributed by atoms with Crippen molar-refractivity contribution in [1.29, 1.82) is 0 Å². The monoisotopic (exact) mass is 677 g/mol. The molecule has 256 valence electrons. The van der Waals surface area contributed by atoms with Crippen molar-refractivity contribution < 1.29 is 33.8 Å². The number of nitrogens with one attached hydrogen (secondary N) is 1. The molecule has 0 aliphatic carbocycles. The molecular weight excluding hydrogens is 634 g/mol. The predicted octanol–water partition coefficient (Wildman–Crippen LogP) is 4.68. The van der Waals surface area contributed by atoms with E-state index in [4.69, 9.17) is 21.1 Å². The van der Waals surface area contributed by atoms with Crippen LogP contribution in [0, 0.1) is 18.8 Å². The van der Waals surface area contributed by atoms with E-state index in [-0.39, 0.29) is 44.4 Å². The molecule has 3 saturated heterocycles. The molecule has 0 saturated carbocycles. The van der Waals surface area contributed by atoms with Crippen molar-refractivity contribution in [1.82, 2.24) is 10.2 Å². The van der Waals surface area contributed by atoms with Gasteiger partial charge in [0, 0.05) is 26.1 Å². The summed E-state index contributed by atoms with van der Waals surface area (Å²) in [6.07, 6.45) is 3.63. The summed E-state index contributed by atoms with van der Waals surface area (Å²) < 4.78 is 12.8. The lowest BCUT2D eigenvalue weighted by Crippen LogP contribution is -2.56. The Morgan fingerprint density at radius 1 is 1.19 bits per heavy atom. The first kappa shape index (κ1) is 35.3. The summed E-state index contributed by atoms with van der Waals surface area (Å²) >= 11 is 6.63. The third kappa shape index (κ3) is 6.53. The molecule has 48 heavy (non-hydrogen) atoms. The fraction of sp³-hybridized carbons (Fsp3) is 0.459. The molecule has 1 spiro atoms.